The molecule has 4 rings (SSSR count). The quantitative estimate of drug-likeness (QED) is 0.698. The Hall–Kier alpha value is -2.86. The minimum atomic E-state index is -0.0630. The first-order valence-corrected chi connectivity index (χ1v) is 11.2. The summed E-state index contributed by atoms with van der Waals surface area (Å²) in [6, 6.07) is 16.2. The Balaban J connectivity index is 1.16. The monoisotopic (exact) mass is 421 g/mol. The van der Waals surface area contributed by atoms with Crippen LogP contribution in [0, 0.1) is 0 Å². The van der Waals surface area contributed by atoms with E-state index < -0.39 is 0 Å². The van der Waals surface area contributed by atoms with Crippen LogP contribution in [-0.4, -0.2) is 49.0 Å². The highest BCUT2D eigenvalue weighted by atomic mass is 16.5. The number of benzene rings is 2. The molecule has 0 bridgehead atoms. The van der Waals surface area contributed by atoms with Gasteiger partial charge in [0, 0.05) is 39.0 Å². The molecule has 0 fully saturated rings. The number of hydrogen-bond donors (Lipinski definition) is 1. The van der Waals surface area contributed by atoms with Gasteiger partial charge in [-0.2, -0.15) is 0 Å². The van der Waals surface area contributed by atoms with Crippen LogP contribution in [0.5, 0.6) is 5.75 Å². The number of fused-ring (bicyclic) bond motifs is 2. The first kappa shape index (κ1) is 21.4. The van der Waals surface area contributed by atoms with Crippen LogP contribution in [0.4, 0.5) is 5.69 Å². The van der Waals surface area contributed by atoms with Crippen molar-refractivity contribution in [3.05, 3.63) is 59.7 Å². The van der Waals surface area contributed by atoms with Gasteiger partial charge in [0.2, 0.25) is 11.8 Å². The molecule has 2 aromatic carbocycles. The van der Waals surface area contributed by atoms with Crippen LogP contribution in [0.15, 0.2) is 48.5 Å². The molecular weight excluding hydrogens is 390 g/mol. The minimum Gasteiger partial charge on any atom is -0.487 e. The number of anilines is 1. The molecule has 164 valence electrons. The van der Waals surface area contributed by atoms with E-state index >= 15 is 0 Å². The number of hydrogen-bond acceptors (Lipinski definition) is 4. The molecule has 2 aromatic rings. The van der Waals surface area contributed by atoms with Crippen LogP contribution >= 0.6 is 0 Å². The summed E-state index contributed by atoms with van der Waals surface area (Å²) in [4.78, 5) is 29.1. The average molecular weight is 422 g/mol. The molecule has 0 saturated heterocycles. The van der Waals surface area contributed by atoms with E-state index in [2.05, 4.69) is 34.5 Å². The maximum Gasteiger partial charge on any atom is 0.227 e. The molecule has 1 atom stereocenters. The second-order valence-electron chi connectivity index (χ2n) is 8.40. The van der Waals surface area contributed by atoms with E-state index in [0.29, 0.717) is 13.1 Å². The van der Waals surface area contributed by atoms with Crippen LogP contribution in [-0.2, 0) is 22.6 Å². The van der Waals surface area contributed by atoms with Gasteiger partial charge in [0.25, 0.3) is 0 Å². The van der Waals surface area contributed by atoms with Crippen molar-refractivity contribution in [1.82, 2.24) is 10.2 Å². The standard InChI is InChI=1S/C25H31N3O3/c1-19-17-28(22-9-4-5-10-23(22)31-19)25(30)12-11-24(29)26-14-6-15-27-16-13-20-7-2-3-8-21(20)18-27/h2-5,7-10,19H,6,11-18H2,1H3,(H,26,29). The molecule has 2 heterocycles. The lowest BCUT2D eigenvalue weighted by molar-refractivity contribution is -0.125. The number of nitrogens with one attached hydrogen (secondary N) is 1. The van der Waals surface area contributed by atoms with Gasteiger partial charge >= 0.3 is 0 Å². The van der Waals surface area contributed by atoms with Gasteiger partial charge in [0.15, 0.2) is 0 Å². The fourth-order valence-electron chi connectivity index (χ4n) is 4.34. The zero-order chi connectivity index (χ0) is 21.6. The molecule has 2 aliphatic heterocycles. The van der Waals surface area contributed by atoms with Crippen molar-refractivity contribution in [1.29, 1.82) is 0 Å². The zero-order valence-corrected chi connectivity index (χ0v) is 18.2. The number of nitrogens with zero attached hydrogens (tertiary/aromatic N) is 2. The fourth-order valence-corrected chi connectivity index (χ4v) is 4.34. The lowest BCUT2D eigenvalue weighted by atomic mass is 10.00. The van der Waals surface area contributed by atoms with Gasteiger partial charge in [0.05, 0.1) is 12.2 Å². The van der Waals surface area contributed by atoms with Crippen LogP contribution in [0.25, 0.3) is 0 Å². The van der Waals surface area contributed by atoms with Crippen molar-refractivity contribution in [3.63, 3.8) is 0 Å². The molecule has 0 aromatic heterocycles. The minimum absolute atomic E-state index is 0.0373. The highest BCUT2D eigenvalue weighted by Crippen LogP contribution is 2.33. The predicted molar refractivity (Wildman–Crippen MR) is 121 cm³/mol. The fraction of sp³-hybridized carbons (Fsp3) is 0.440. The van der Waals surface area contributed by atoms with E-state index in [1.165, 1.54) is 11.1 Å². The summed E-state index contributed by atoms with van der Waals surface area (Å²) < 4.78 is 5.80. The number of ether oxygens (including phenoxy) is 1. The van der Waals surface area contributed by atoms with E-state index in [-0.39, 0.29) is 30.8 Å². The number of rotatable bonds is 7. The van der Waals surface area contributed by atoms with Crippen molar-refractivity contribution in [2.24, 2.45) is 0 Å². The highest BCUT2D eigenvalue weighted by Gasteiger charge is 2.27. The summed E-state index contributed by atoms with van der Waals surface area (Å²) in [5, 5.41) is 2.97. The van der Waals surface area contributed by atoms with E-state index in [1.54, 1.807) is 4.90 Å². The molecular formula is C25H31N3O3. The smallest absolute Gasteiger partial charge is 0.227 e. The Morgan fingerprint density at radius 1 is 1.06 bits per heavy atom. The summed E-state index contributed by atoms with van der Waals surface area (Å²) in [6.07, 6.45) is 2.36. The highest BCUT2D eigenvalue weighted by molar-refractivity contribution is 5.97. The molecule has 6 nitrogen and oxygen atoms in total. The summed E-state index contributed by atoms with van der Waals surface area (Å²) >= 11 is 0. The van der Waals surface area contributed by atoms with Gasteiger partial charge in [-0.15, -0.1) is 0 Å². The molecule has 0 aliphatic carbocycles. The van der Waals surface area contributed by atoms with Crippen LogP contribution in [0.1, 0.15) is 37.3 Å². The SMILES string of the molecule is CC1CN(C(=O)CCC(=O)NCCCN2CCc3ccccc3C2)c2ccccc2O1. The lowest BCUT2D eigenvalue weighted by Crippen LogP contribution is -2.42. The largest absolute Gasteiger partial charge is 0.487 e. The van der Waals surface area contributed by atoms with E-state index in [0.717, 1.165) is 43.9 Å². The number of carbonyl (C=O) groups is 2. The Labute approximate surface area is 184 Å². The molecule has 2 amide bonds. The van der Waals surface area contributed by atoms with Crippen LogP contribution in [0.3, 0.4) is 0 Å². The van der Waals surface area contributed by atoms with E-state index in [4.69, 9.17) is 4.74 Å². The molecule has 31 heavy (non-hydrogen) atoms. The van der Waals surface area contributed by atoms with Gasteiger partial charge in [-0.3, -0.25) is 14.5 Å². The maximum atomic E-state index is 12.7. The molecule has 0 saturated carbocycles. The molecule has 0 radical (unpaired) electrons. The third kappa shape index (κ3) is 5.44. The Morgan fingerprint density at radius 3 is 2.71 bits per heavy atom. The molecule has 1 N–H and O–H groups in total. The topological polar surface area (TPSA) is 61.9 Å². The summed E-state index contributed by atoms with van der Waals surface area (Å²) in [5.41, 5.74) is 3.65. The van der Waals surface area contributed by atoms with Crippen LogP contribution < -0.4 is 15.0 Å². The second-order valence-corrected chi connectivity index (χ2v) is 8.40. The average Bonchev–Trinajstić information content (AvgIpc) is 2.79. The Morgan fingerprint density at radius 2 is 1.84 bits per heavy atom. The zero-order valence-electron chi connectivity index (χ0n) is 18.2. The van der Waals surface area contributed by atoms with Gasteiger partial charge < -0.3 is 15.0 Å². The number of amides is 2. The third-order valence-corrected chi connectivity index (χ3v) is 5.97. The normalized spacial score (nSPS) is 18.0. The van der Waals surface area contributed by atoms with Crippen molar-refractivity contribution in [3.8, 4) is 5.75 Å². The first-order chi connectivity index (χ1) is 15.1. The van der Waals surface area contributed by atoms with Crippen LogP contribution in [0.2, 0.25) is 0 Å². The molecule has 1 unspecified atom stereocenters. The predicted octanol–water partition coefficient (Wildman–Crippen LogP) is 3.15. The molecule has 0 spiro atoms. The van der Waals surface area contributed by atoms with Gasteiger partial charge in [0.1, 0.15) is 11.9 Å². The Kier molecular flexibility index (Phi) is 6.87. The van der Waals surface area contributed by atoms with Crippen molar-refractivity contribution in [2.75, 3.05) is 31.1 Å². The lowest BCUT2D eigenvalue weighted by Gasteiger charge is -2.33. The maximum absolute atomic E-state index is 12.7. The summed E-state index contributed by atoms with van der Waals surface area (Å²) in [7, 11) is 0. The number of carbonyl (C=O) groups excluding carboxylic acids is 2. The van der Waals surface area contributed by atoms with Gasteiger partial charge in [-0.05, 0) is 43.0 Å². The molecule has 6 heteroatoms. The third-order valence-electron chi connectivity index (χ3n) is 5.97. The van der Waals surface area contributed by atoms with Gasteiger partial charge in [-0.1, -0.05) is 36.4 Å². The second kappa shape index (κ2) is 9.96. The summed E-state index contributed by atoms with van der Waals surface area (Å²) in [6.45, 7) is 6.12. The van der Waals surface area contributed by atoms with E-state index in [1.807, 2.05) is 31.2 Å². The molecule has 2 aliphatic rings. The van der Waals surface area contributed by atoms with Crippen molar-refractivity contribution < 1.29 is 14.3 Å². The van der Waals surface area contributed by atoms with E-state index in [9.17, 15) is 9.59 Å². The van der Waals surface area contributed by atoms with Crippen molar-refractivity contribution in [2.45, 2.75) is 45.3 Å². The Bertz CT molecular complexity index is 930. The van der Waals surface area contributed by atoms with Gasteiger partial charge in [-0.25, -0.2) is 0 Å². The van der Waals surface area contributed by atoms with Crippen molar-refractivity contribution >= 4 is 17.5 Å². The number of para-hydroxylation sites is 2. The summed E-state index contributed by atoms with van der Waals surface area (Å²) in [5.74, 6) is 0.621. The first-order valence-electron chi connectivity index (χ1n) is 11.2.